The normalized spacial score (nSPS) is 18.7. The predicted molar refractivity (Wildman–Crippen MR) is 93.8 cm³/mol. The number of carbonyl (C=O) groups is 1. The van der Waals surface area contributed by atoms with E-state index >= 15 is 0 Å². The van der Waals surface area contributed by atoms with Gasteiger partial charge in [-0.15, -0.1) is 0 Å². The molecule has 1 aliphatic rings. The SMILES string of the molecule is CC(C)(C)c1cc(NC(=O)CN2CCCC2c2ccccc2)on1. The van der Waals surface area contributed by atoms with Crippen molar-refractivity contribution in [3.05, 3.63) is 47.7 Å². The van der Waals surface area contributed by atoms with Gasteiger partial charge in [0.05, 0.1) is 12.2 Å². The maximum absolute atomic E-state index is 12.4. The highest BCUT2D eigenvalue weighted by Crippen LogP contribution is 2.31. The van der Waals surface area contributed by atoms with Gasteiger partial charge in [-0.3, -0.25) is 15.0 Å². The lowest BCUT2D eigenvalue weighted by Crippen LogP contribution is -2.32. The van der Waals surface area contributed by atoms with Crippen LogP contribution in [-0.2, 0) is 10.2 Å². The Labute approximate surface area is 143 Å². The summed E-state index contributed by atoms with van der Waals surface area (Å²) in [6.07, 6.45) is 2.21. The van der Waals surface area contributed by atoms with Crippen LogP contribution in [0.1, 0.15) is 50.9 Å². The summed E-state index contributed by atoms with van der Waals surface area (Å²) in [6, 6.07) is 12.5. The molecule has 5 heteroatoms. The molecule has 2 aromatic rings. The van der Waals surface area contributed by atoms with Crippen LogP contribution in [0.5, 0.6) is 0 Å². The fourth-order valence-corrected chi connectivity index (χ4v) is 3.12. The van der Waals surface area contributed by atoms with Crippen molar-refractivity contribution in [1.82, 2.24) is 10.1 Å². The molecule has 1 N–H and O–H groups in total. The number of anilines is 1. The summed E-state index contributed by atoms with van der Waals surface area (Å²) < 4.78 is 5.24. The first kappa shape index (κ1) is 16.7. The monoisotopic (exact) mass is 327 g/mol. The summed E-state index contributed by atoms with van der Waals surface area (Å²) in [6.45, 7) is 7.49. The minimum atomic E-state index is -0.0974. The van der Waals surface area contributed by atoms with Crippen LogP contribution in [-0.4, -0.2) is 29.1 Å². The molecule has 1 aromatic carbocycles. The minimum absolute atomic E-state index is 0.0607. The summed E-state index contributed by atoms with van der Waals surface area (Å²) in [5.74, 6) is 0.356. The van der Waals surface area contributed by atoms with E-state index in [1.807, 2.05) is 6.07 Å². The van der Waals surface area contributed by atoms with Crippen LogP contribution in [0.2, 0.25) is 0 Å². The molecule has 3 rings (SSSR count). The number of benzene rings is 1. The number of rotatable bonds is 4. The van der Waals surface area contributed by atoms with Crippen molar-refractivity contribution in [2.24, 2.45) is 0 Å². The van der Waals surface area contributed by atoms with Crippen molar-refractivity contribution in [2.75, 3.05) is 18.4 Å². The zero-order valence-corrected chi connectivity index (χ0v) is 14.6. The molecule has 1 aliphatic heterocycles. The summed E-state index contributed by atoms with van der Waals surface area (Å²) in [5.41, 5.74) is 2.01. The van der Waals surface area contributed by atoms with Gasteiger partial charge in [0.2, 0.25) is 11.8 Å². The summed E-state index contributed by atoms with van der Waals surface area (Å²) >= 11 is 0. The van der Waals surface area contributed by atoms with Gasteiger partial charge in [0.1, 0.15) is 0 Å². The van der Waals surface area contributed by atoms with Gasteiger partial charge in [-0.25, -0.2) is 0 Å². The molecule has 0 aliphatic carbocycles. The maximum Gasteiger partial charge on any atom is 0.240 e. The highest BCUT2D eigenvalue weighted by Gasteiger charge is 2.28. The molecule has 1 aromatic heterocycles. The molecule has 0 radical (unpaired) electrons. The van der Waals surface area contributed by atoms with Gasteiger partial charge in [-0.2, -0.15) is 0 Å². The number of carbonyl (C=O) groups excluding carboxylic acids is 1. The van der Waals surface area contributed by atoms with E-state index in [2.05, 4.69) is 60.4 Å². The zero-order chi connectivity index (χ0) is 17.2. The Balaban J connectivity index is 1.61. The van der Waals surface area contributed by atoms with Crippen LogP contribution in [0.15, 0.2) is 40.9 Å². The Morgan fingerprint density at radius 1 is 1.33 bits per heavy atom. The Kier molecular flexibility index (Phi) is 4.71. The van der Waals surface area contributed by atoms with Crippen LogP contribution in [0.4, 0.5) is 5.88 Å². The molecule has 1 atom stereocenters. The average Bonchev–Trinajstić information content (AvgIpc) is 3.17. The molecule has 1 unspecified atom stereocenters. The van der Waals surface area contributed by atoms with E-state index < -0.39 is 0 Å². The summed E-state index contributed by atoms with van der Waals surface area (Å²) in [7, 11) is 0. The van der Waals surface area contributed by atoms with Gasteiger partial charge < -0.3 is 4.52 Å². The second-order valence-corrected chi connectivity index (χ2v) is 7.41. The first-order chi connectivity index (χ1) is 11.4. The number of likely N-dealkylation sites (tertiary alicyclic amines) is 1. The van der Waals surface area contributed by atoms with Crippen molar-refractivity contribution in [3.63, 3.8) is 0 Å². The third-order valence-corrected chi connectivity index (χ3v) is 4.44. The van der Waals surface area contributed by atoms with Gasteiger partial charge >= 0.3 is 0 Å². The van der Waals surface area contributed by atoms with E-state index in [-0.39, 0.29) is 11.3 Å². The van der Waals surface area contributed by atoms with Gasteiger partial charge in [0.15, 0.2) is 0 Å². The molecule has 128 valence electrons. The number of nitrogens with one attached hydrogen (secondary N) is 1. The zero-order valence-electron chi connectivity index (χ0n) is 14.6. The quantitative estimate of drug-likeness (QED) is 0.929. The second kappa shape index (κ2) is 6.77. The minimum Gasteiger partial charge on any atom is -0.338 e. The van der Waals surface area contributed by atoms with E-state index in [1.54, 1.807) is 6.07 Å². The second-order valence-electron chi connectivity index (χ2n) is 7.41. The van der Waals surface area contributed by atoms with Crippen LogP contribution >= 0.6 is 0 Å². The van der Waals surface area contributed by atoms with Gasteiger partial charge in [0, 0.05) is 17.5 Å². The molecular formula is C19H25N3O2. The molecule has 0 bridgehead atoms. The molecule has 0 saturated carbocycles. The Hall–Kier alpha value is -2.14. The van der Waals surface area contributed by atoms with Gasteiger partial charge in [-0.1, -0.05) is 56.3 Å². The van der Waals surface area contributed by atoms with Gasteiger partial charge in [0.25, 0.3) is 0 Å². The maximum atomic E-state index is 12.4. The fraction of sp³-hybridized carbons (Fsp3) is 0.474. The summed E-state index contributed by atoms with van der Waals surface area (Å²) in [5, 5.41) is 6.86. The van der Waals surface area contributed by atoms with E-state index in [4.69, 9.17) is 4.52 Å². The average molecular weight is 327 g/mol. The molecule has 1 saturated heterocycles. The smallest absolute Gasteiger partial charge is 0.240 e. The molecule has 0 spiro atoms. The standard InChI is InChI=1S/C19H25N3O2/c1-19(2,3)16-12-18(24-21-16)20-17(23)13-22-11-7-10-15(22)14-8-5-4-6-9-14/h4-6,8-9,12,15H,7,10-11,13H2,1-3H3,(H,20,23). The van der Waals surface area contributed by atoms with Crippen LogP contribution < -0.4 is 5.32 Å². The van der Waals surface area contributed by atoms with E-state index in [0.717, 1.165) is 25.1 Å². The third kappa shape index (κ3) is 3.85. The van der Waals surface area contributed by atoms with Crippen molar-refractivity contribution in [1.29, 1.82) is 0 Å². The first-order valence-electron chi connectivity index (χ1n) is 8.49. The molecule has 24 heavy (non-hydrogen) atoms. The van der Waals surface area contributed by atoms with Crippen molar-refractivity contribution < 1.29 is 9.32 Å². The first-order valence-corrected chi connectivity index (χ1v) is 8.49. The number of amides is 1. The van der Waals surface area contributed by atoms with Crippen molar-refractivity contribution in [2.45, 2.75) is 45.1 Å². The largest absolute Gasteiger partial charge is 0.338 e. The lowest BCUT2D eigenvalue weighted by Gasteiger charge is -2.23. The van der Waals surface area contributed by atoms with Crippen LogP contribution in [0.3, 0.4) is 0 Å². The Morgan fingerprint density at radius 2 is 2.08 bits per heavy atom. The molecular weight excluding hydrogens is 302 g/mol. The highest BCUT2D eigenvalue weighted by atomic mass is 16.5. The number of aromatic nitrogens is 1. The topological polar surface area (TPSA) is 58.4 Å². The molecule has 2 heterocycles. The van der Waals surface area contributed by atoms with Crippen molar-refractivity contribution in [3.8, 4) is 0 Å². The third-order valence-electron chi connectivity index (χ3n) is 4.44. The highest BCUT2D eigenvalue weighted by molar-refractivity contribution is 5.91. The summed E-state index contributed by atoms with van der Waals surface area (Å²) in [4.78, 5) is 14.6. The van der Waals surface area contributed by atoms with E-state index in [1.165, 1.54) is 5.56 Å². The Morgan fingerprint density at radius 3 is 2.75 bits per heavy atom. The Bertz CT molecular complexity index is 688. The van der Waals surface area contributed by atoms with Gasteiger partial charge in [-0.05, 0) is 24.9 Å². The van der Waals surface area contributed by atoms with E-state index in [9.17, 15) is 4.79 Å². The van der Waals surface area contributed by atoms with Crippen molar-refractivity contribution >= 4 is 11.8 Å². The van der Waals surface area contributed by atoms with Crippen LogP contribution in [0, 0.1) is 0 Å². The lowest BCUT2D eigenvalue weighted by molar-refractivity contribution is -0.117. The molecule has 1 fully saturated rings. The predicted octanol–water partition coefficient (Wildman–Crippen LogP) is 3.75. The van der Waals surface area contributed by atoms with E-state index in [0.29, 0.717) is 18.5 Å². The number of hydrogen-bond acceptors (Lipinski definition) is 4. The lowest BCUT2D eigenvalue weighted by atomic mass is 9.92. The molecule has 1 amide bonds. The van der Waals surface area contributed by atoms with Crippen LogP contribution in [0.25, 0.3) is 0 Å². The molecule has 5 nitrogen and oxygen atoms in total. The number of hydrogen-bond donors (Lipinski definition) is 1. The fourth-order valence-electron chi connectivity index (χ4n) is 3.12. The number of nitrogens with zero attached hydrogens (tertiary/aromatic N) is 2.